The van der Waals surface area contributed by atoms with Crippen LogP contribution in [-0.4, -0.2) is 19.6 Å². The van der Waals surface area contributed by atoms with Gasteiger partial charge >= 0.3 is 0 Å². The lowest BCUT2D eigenvalue weighted by molar-refractivity contribution is 0.222. The molecular formula is C13H11ClN4O. The normalized spacial score (nSPS) is 12.5. The van der Waals surface area contributed by atoms with Crippen LogP contribution in [0, 0.1) is 0 Å². The van der Waals surface area contributed by atoms with Gasteiger partial charge in [-0.3, -0.25) is 0 Å². The molecule has 1 atom stereocenters. The average Bonchev–Trinajstić information content (AvgIpc) is 2.85. The highest BCUT2D eigenvalue weighted by atomic mass is 35.5. The number of hydrogen-bond donors (Lipinski definition) is 0. The average molecular weight is 275 g/mol. The summed E-state index contributed by atoms with van der Waals surface area (Å²) in [6.07, 6.45) is 3.08. The second-order valence-electron chi connectivity index (χ2n) is 4.07. The molecule has 96 valence electrons. The lowest BCUT2D eigenvalue weighted by atomic mass is 10.2. The van der Waals surface area contributed by atoms with E-state index in [-0.39, 0.29) is 6.10 Å². The lowest BCUT2D eigenvalue weighted by Crippen LogP contribution is -2.06. The molecule has 3 aromatic rings. The van der Waals surface area contributed by atoms with Crippen molar-refractivity contribution in [2.45, 2.75) is 13.0 Å². The molecule has 0 saturated carbocycles. The van der Waals surface area contributed by atoms with Crippen LogP contribution in [0.2, 0.25) is 5.02 Å². The number of rotatable bonds is 3. The first kappa shape index (κ1) is 11.9. The first-order chi connectivity index (χ1) is 9.22. The number of fused-ring (bicyclic) bond motifs is 1. The van der Waals surface area contributed by atoms with E-state index < -0.39 is 0 Å². The van der Waals surface area contributed by atoms with Gasteiger partial charge in [0, 0.05) is 11.2 Å². The topological polar surface area (TPSA) is 52.3 Å². The molecule has 0 N–H and O–H groups in total. The predicted octanol–water partition coefficient (Wildman–Crippen LogP) is 2.92. The molecule has 3 rings (SSSR count). The summed E-state index contributed by atoms with van der Waals surface area (Å²) in [5.41, 5.74) is 0.792. The number of ether oxygens (including phenoxy) is 1. The van der Waals surface area contributed by atoms with Crippen molar-refractivity contribution in [2.75, 3.05) is 0 Å². The zero-order valence-corrected chi connectivity index (χ0v) is 10.9. The van der Waals surface area contributed by atoms with Gasteiger partial charge in [-0.25, -0.2) is 9.50 Å². The van der Waals surface area contributed by atoms with Crippen LogP contribution in [0.4, 0.5) is 0 Å². The number of halogens is 1. The van der Waals surface area contributed by atoms with Gasteiger partial charge in [-0.2, -0.15) is 10.1 Å². The third-order valence-electron chi connectivity index (χ3n) is 2.70. The second kappa shape index (κ2) is 4.85. The van der Waals surface area contributed by atoms with Crippen molar-refractivity contribution in [3.8, 4) is 5.75 Å². The van der Waals surface area contributed by atoms with Gasteiger partial charge in [-0.15, -0.1) is 0 Å². The molecule has 0 radical (unpaired) electrons. The molecule has 0 fully saturated rings. The van der Waals surface area contributed by atoms with Crippen LogP contribution in [0.5, 0.6) is 5.75 Å². The van der Waals surface area contributed by atoms with Crippen LogP contribution in [0.3, 0.4) is 0 Å². The molecule has 0 aliphatic heterocycles. The van der Waals surface area contributed by atoms with Crippen LogP contribution < -0.4 is 4.74 Å². The van der Waals surface area contributed by atoms with Crippen molar-refractivity contribution in [1.29, 1.82) is 0 Å². The van der Waals surface area contributed by atoms with E-state index in [1.54, 1.807) is 16.6 Å². The maximum atomic E-state index is 5.92. The monoisotopic (exact) mass is 274 g/mol. The molecule has 0 bridgehead atoms. The van der Waals surface area contributed by atoms with E-state index in [4.69, 9.17) is 16.3 Å². The number of benzene rings is 1. The van der Waals surface area contributed by atoms with E-state index in [1.165, 1.54) is 6.33 Å². The Morgan fingerprint density at radius 3 is 3.05 bits per heavy atom. The predicted molar refractivity (Wildman–Crippen MR) is 71.3 cm³/mol. The minimum absolute atomic E-state index is 0.194. The Morgan fingerprint density at radius 2 is 2.21 bits per heavy atom. The van der Waals surface area contributed by atoms with Gasteiger partial charge in [-0.05, 0) is 31.2 Å². The maximum Gasteiger partial charge on any atom is 0.252 e. The van der Waals surface area contributed by atoms with Crippen LogP contribution in [0.25, 0.3) is 5.78 Å². The Hall–Kier alpha value is -2.14. The molecule has 0 aliphatic carbocycles. The zero-order valence-electron chi connectivity index (χ0n) is 10.2. The molecule has 0 saturated heterocycles. The third-order valence-corrected chi connectivity index (χ3v) is 2.93. The Bertz CT molecular complexity index is 712. The van der Waals surface area contributed by atoms with Crippen LogP contribution >= 0.6 is 11.6 Å². The van der Waals surface area contributed by atoms with Gasteiger partial charge in [0.25, 0.3) is 5.78 Å². The third kappa shape index (κ3) is 2.51. The van der Waals surface area contributed by atoms with Crippen LogP contribution in [-0.2, 0) is 0 Å². The quantitative estimate of drug-likeness (QED) is 0.737. The van der Waals surface area contributed by atoms with Crippen molar-refractivity contribution in [3.63, 3.8) is 0 Å². The van der Waals surface area contributed by atoms with Crippen LogP contribution in [0.15, 0.2) is 42.9 Å². The fraction of sp³-hybridized carbons (Fsp3) is 0.154. The molecule has 2 heterocycles. The summed E-state index contributed by atoms with van der Waals surface area (Å²) in [5, 5.41) is 4.64. The van der Waals surface area contributed by atoms with Gasteiger partial charge in [0.2, 0.25) is 0 Å². The number of nitrogens with zero attached hydrogens (tertiary/aromatic N) is 4. The zero-order chi connectivity index (χ0) is 13.2. The van der Waals surface area contributed by atoms with E-state index in [0.29, 0.717) is 16.5 Å². The standard InChI is InChI=1S/C13H11ClN4O/c1-9(19-11-4-2-3-10(14)7-11)12-5-6-18-13(17-12)15-8-16-18/h2-9H,1H3. The minimum Gasteiger partial charge on any atom is -0.484 e. The molecule has 6 heteroatoms. The van der Waals surface area contributed by atoms with E-state index in [2.05, 4.69) is 15.1 Å². The van der Waals surface area contributed by atoms with Crippen molar-refractivity contribution in [3.05, 3.63) is 53.6 Å². The summed E-state index contributed by atoms with van der Waals surface area (Å²) in [5.74, 6) is 1.27. The summed E-state index contributed by atoms with van der Waals surface area (Å²) < 4.78 is 7.41. The van der Waals surface area contributed by atoms with Crippen molar-refractivity contribution < 1.29 is 4.74 Å². The Morgan fingerprint density at radius 1 is 1.32 bits per heavy atom. The molecule has 5 nitrogen and oxygen atoms in total. The van der Waals surface area contributed by atoms with Crippen LogP contribution in [0.1, 0.15) is 18.7 Å². The second-order valence-corrected chi connectivity index (χ2v) is 4.51. The smallest absolute Gasteiger partial charge is 0.252 e. The first-order valence-corrected chi connectivity index (χ1v) is 6.19. The highest BCUT2D eigenvalue weighted by Crippen LogP contribution is 2.23. The number of aromatic nitrogens is 4. The van der Waals surface area contributed by atoms with E-state index in [1.807, 2.05) is 31.3 Å². The van der Waals surface area contributed by atoms with E-state index in [0.717, 1.165) is 5.69 Å². The molecule has 0 spiro atoms. The molecule has 1 unspecified atom stereocenters. The maximum absolute atomic E-state index is 5.92. The Balaban J connectivity index is 1.84. The van der Waals surface area contributed by atoms with Crippen molar-refractivity contribution in [2.24, 2.45) is 0 Å². The minimum atomic E-state index is -0.194. The van der Waals surface area contributed by atoms with Gasteiger partial charge in [0.05, 0.1) is 5.69 Å². The fourth-order valence-electron chi connectivity index (χ4n) is 1.76. The summed E-state index contributed by atoms with van der Waals surface area (Å²) in [7, 11) is 0. The number of hydrogen-bond acceptors (Lipinski definition) is 4. The van der Waals surface area contributed by atoms with Gasteiger partial charge in [0.15, 0.2) is 0 Å². The fourth-order valence-corrected chi connectivity index (χ4v) is 1.94. The largest absolute Gasteiger partial charge is 0.484 e. The Labute approximate surface area is 114 Å². The highest BCUT2D eigenvalue weighted by Gasteiger charge is 2.10. The highest BCUT2D eigenvalue weighted by molar-refractivity contribution is 6.30. The lowest BCUT2D eigenvalue weighted by Gasteiger charge is -2.14. The SMILES string of the molecule is CC(Oc1cccc(Cl)c1)c1ccn2ncnc2n1. The molecule has 2 aromatic heterocycles. The Kier molecular flexibility index (Phi) is 3.05. The summed E-state index contributed by atoms with van der Waals surface area (Å²) in [4.78, 5) is 8.43. The van der Waals surface area contributed by atoms with E-state index >= 15 is 0 Å². The van der Waals surface area contributed by atoms with Crippen molar-refractivity contribution >= 4 is 17.4 Å². The van der Waals surface area contributed by atoms with Gasteiger partial charge < -0.3 is 4.74 Å². The first-order valence-electron chi connectivity index (χ1n) is 5.81. The molecule has 19 heavy (non-hydrogen) atoms. The molecule has 0 amide bonds. The molecular weight excluding hydrogens is 264 g/mol. The van der Waals surface area contributed by atoms with E-state index in [9.17, 15) is 0 Å². The van der Waals surface area contributed by atoms with Gasteiger partial charge in [0.1, 0.15) is 18.2 Å². The molecule has 1 aromatic carbocycles. The summed E-state index contributed by atoms with van der Waals surface area (Å²) in [6, 6.07) is 9.14. The summed E-state index contributed by atoms with van der Waals surface area (Å²) in [6.45, 7) is 1.93. The molecule has 0 aliphatic rings. The van der Waals surface area contributed by atoms with Crippen molar-refractivity contribution in [1.82, 2.24) is 19.6 Å². The summed E-state index contributed by atoms with van der Waals surface area (Å²) >= 11 is 5.92. The van der Waals surface area contributed by atoms with Gasteiger partial charge in [-0.1, -0.05) is 17.7 Å².